The lowest BCUT2D eigenvalue weighted by Gasteiger charge is -2.36. The molecule has 2 aromatic carbocycles. The zero-order valence-electron chi connectivity index (χ0n) is 21.4. The zero-order valence-corrected chi connectivity index (χ0v) is 21.4. The van der Waals surface area contributed by atoms with Crippen molar-refractivity contribution in [3.05, 3.63) is 78.3 Å². The van der Waals surface area contributed by atoms with Crippen LogP contribution in [-0.2, 0) is 12.7 Å². The predicted octanol–water partition coefficient (Wildman–Crippen LogP) is 5.82. The second-order valence-electron chi connectivity index (χ2n) is 9.66. The summed E-state index contributed by atoms with van der Waals surface area (Å²) in [5.74, 6) is 0.966. The first-order valence-electron chi connectivity index (χ1n) is 12.7. The Balaban J connectivity index is 1.27. The molecule has 2 aliphatic rings. The molecule has 0 saturated carbocycles. The Bertz CT molecular complexity index is 1640. The van der Waals surface area contributed by atoms with Gasteiger partial charge in [0.05, 0.1) is 35.7 Å². The number of alkyl halides is 3. The fourth-order valence-corrected chi connectivity index (χ4v) is 5.10. The number of benzene rings is 2. The van der Waals surface area contributed by atoms with E-state index in [2.05, 4.69) is 25.5 Å². The zero-order chi connectivity index (χ0) is 28.7. The van der Waals surface area contributed by atoms with Crippen molar-refractivity contribution in [3.8, 4) is 22.6 Å². The lowest BCUT2D eigenvalue weighted by Crippen LogP contribution is -2.48. The maximum atomic E-state index is 13.7. The van der Waals surface area contributed by atoms with Crippen molar-refractivity contribution >= 4 is 29.3 Å². The normalized spacial score (nSPS) is 15.9. The van der Waals surface area contributed by atoms with Crippen LogP contribution in [-0.4, -0.2) is 46.3 Å². The largest absolute Gasteiger partial charge is 0.465 e. The van der Waals surface area contributed by atoms with E-state index in [1.165, 1.54) is 12.3 Å². The van der Waals surface area contributed by atoms with Crippen LogP contribution in [0.25, 0.3) is 22.6 Å². The van der Waals surface area contributed by atoms with Gasteiger partial charge in [0.25, 0.3) is 0 Å². The van der Waals surface area contributed by atoms with Crippen molar-refractivity contribution in [1.82, 2.24) is 15.3 Å². The van der Waals surface area contributed by atoms with Crippen LogP contribution in [0.1, 0.15) is 17.9 Å². The van der Waals surface area contributed by atoms with Gasteiger partial charge in [-0.15, -0.1) is 0 Å². The highest BCUT2D eigenvalue weighted by molar-refractivity contribution is 6.05. The number of carboxylic acid groups (broad SMARTS) is 1. The summed E-state index contributed by atoms with van der Waals surface area (Å²) in [6.07, 6.45) is -3.51. The minimum atomic E-state index is -4.49. The van der Waals surface area contributed by atoms with Gasteiger partial charge in [0.15, 0.2) is 11.6 Å². The van der Waals surface area contributed by atoms with E-state index in [0.717, 1.165) is 24.4 Å². The highest BCUT2D eigenvalue weighted by Gasteiger charge is 2.40. The number of anilines is 3. The first-order chi connectivity index (χ1) is 19.7. The highest BCUT2D eigenvalue weighted by Crippen LogP contribution is 2.41. The third kappa shape index (κ3) is 5.25. The van der Waals surface area contributed by atoms with Crippen LogP contribution in [0.3, 0.4) is 0 Å². The van der Waals surface area contributed by atoms with Gasteiger partial charge in [-0.25, -0.2) is 19.6 Å². The van der Waals surface area contributed by atoms with Crippen LogP contribution in [0.5, 0.6) is 0 Å². The fraction of sp³-hybridized carbons (Fsp3) is 0.214. The average Bonchev–Trinajstić information content (AvgIpc) is 3.60. The van der Waals surface area contributed by atoms with Crippen molar-refractivity contribution < 1.29 is 32.3 Å². The third-order valence-corrected chi connectivity index (χ3v) is 7.00. The molecule has 3 N–H and O–H groups in total. The quantitative estimate of drug-likeness (QED) is 0.279. The van der Waals surface area contributed by atoms with Crippen molar-refractivity contribution in [2.24, 2.45) is 0 Å². The first-order valence-corrected chi connectivity index (χ1v) is 12.7. The summed E-state index contributed by atoms with van der Waals surface area (Å²) in [6, 6.07) is 14.7. The standard InChI is InChI=1S/C28H23F3N6O4/c29-28(30,31)18-5-1-3-16(11-18)21-7-8-22-25(35-21)37(20-9-10-36(22)15-20)26(38)34-19-6-2-4-17(12-19)23-13-32-24(41-23)14-33-27(39)40/h1-8,11-13,20,33H,9-10,14-15H2,(H,34,38)(H,39,40)/t20-/m0/s1. The molecule has 6 rings (SSSR count). The van der Waals surface area contributed by atoms with Gasteiger partial charge in [-0.1, -0.05) is 24.3 Å². The molecule has 2 bridgehead atoms. The van der Waals surface area contributed by atoms with Crippen LogP contribution in [0.4, 0.5) is 40.0 Å². The van der Waals surface area contributed by atoms with E-state index in [1.807, 2.05) is 0 Å². The lowest BCUT2D eigenvalue weighted by atomic mass is 10.1. The number of carbonyl (C=O) groups is 2. The van der Waals surface area contributed by atoms with E-state index >= 15 is 0 Å². The van der Waals surface area contributed by atoms with Gasteiger partial charge >= 0.3 is 18.3 Å². The van der Waals surface area contributed by atoms with E-state index < -0.39 is 23.9 Å². The van der Waals surface area contributed by atoms with Crippen LogP contribution >= 0.6 is 0 Å². The number of hydrogen-bond acceptors (Lipinski definition) is 6. The Labute approximate surface area is 231 Å². The van der Waals surface area contributed by atoms with Gasteiger partial charge < -0.3 is 25.1 Å². The molecule has 0 aliphatic carbocycles. The molecule has 2 aliphatic heterocycles. The van der Waals surface area contributed by atoms with Crippen LogP contribution in [0.15, 0.2) is 71.3 Å². The minimum Gasteiger partial charge on any atom is -0.465 e. The molecule has 3 amide bonds. The summed E-state index contributed by atoms with van der Waals surface area (Å²) in [7, 11) is 0. The molecule has 210 valence electrons. The number of urea groups is 1. The summed E-state index contributed by atoms with van der Waals surface area (Å²) < 4.78 is 45.6. The number of hydrogen-bond donors (Lipinski definition) is 3. The smallest absolute Gasteiger partial charge is 0.416 e. The molecular formula is C28H23F3N6O4. The molecule has 4 aromatic rings. The Hall–Kier alpha value is -5.07. The van der Waals surface area contributed by atoms with Crippen molar-refractivity contribution in [2.45, 2.75) is 25.2 Å². The first kappa shape index (κ1) is 26.2. The Morgan fingerprint density at radius 2 is 1.88 bits per heavy atom. The SMILES string of the molecule is O=C(O)NCc1ncc(-c2cccc(NC(=O)N3c4nc(-c5cccc(C(F)(F)F)c5)ccc4N4CC[C@H]3C4)c2)o1. The van der Waals surface area contributed by atoms with Gasteiger partial charge in [0.1, 0.15) is 0 Å². The molecule has 10 nitrogen and oxygen atoms in total. The molecule has 1 fully saturated rings. The Morgan fingerprint density at radius 3 is 2.68 bits per heavy atom. The van der Waals surface area contributed by atoms with Crippen molar-refractivity contribution in [1.29, 1.82) is 0 Å². The van der Waals surface area contributed by atoms with E-state index in [-0.39, 0.29) is 18.5 Å². The molecule has 1 saturated heterocycles. The third-order valence-electron chi connectivity index (χ3n) is 7.00. The second kappa shape index (κ2) is 10.2. The number of oxazole rings is 1. The summed E-state index contributed by atoms with van der Waals surface area (Å²) in [5.41, 5.74) is 1.69. The molecule has 13 heteroatoms. The van der Waals surface area contributed by atoms with Crippen LogP contribution < -0.4 is 20.4 Å². The van der Waals surface area contributed by atoms with Gasteiger partial charge in [0.2, 0.25) is 5.89 Å². The van der Waals surface area contributed by atoms with Gasteiger partial charge in [0, 0.05) is 29.9 Å². The molecule has 41 heavy (non-hydrogen) atoms. The Morgan fingerprint density at radius 1 is 1.07 bits per heavy atom. The number of rotatable bonds is 5. The monoisotopic (exact) mass is 564 g/mol. The topological polar surface area (TPSA) is 124 Å². The van der Waals surface area contributed by atoms with Gasteiger partial charge in [-0.2, -0.15) is 13.2 Å². The fourth-order valence-electron chi connectivity index (χ4n) is 5.10. The molecule has 0 spiro atoms. The maximum Gasteiger partial charge on any atom is 0.416 e. The van der Waals surface area contributed by atoms with Gasteiger partial charge in [-0.3, -0.25) is 4.90 Å². The molecule has 0 unspecified atom stereocenters. The molecule has 2 aromatic heterocycles. The number of halogens is 3. The van der Waals surface area contributed by atoms with Crippen molar-refractivity contribution in [3.63, 3.8) is 0 Å². The number of nitrogens with zero attached hydrogens (tertiary/aromatic N) is 4. The highest BCUT2D eigenvalue weighted by atomic mass is 19.4. The van der Waals surface area contributed by atoms with Crippen LogP contribution in [0, 0.1) is 0 Å². The van der Waals surface area contributed by atoms with E-state index in [9.17, 15) is 22.8 Å². The minimum absolute atomic E-state index is 0.0893. The summed E-state index contributed by atoms with van der Waals surface area (Å²) in [5, 5.41) is 13.9. The van der Waals surface area contributed by atoms with Gasteiger partial charge in [-0.05, 0) is 42.8 Å². The van der Waals surface area contributed by atoms with E-state index in [0.29, 0.717) is 47.1 Å². The number of amides is 3. The van der Waals surface area contributed by atoms with Crippen LogP contribution in [0.2, 0.25) is 0 Å². The summed E-state index contributed by atoms with van der Waals surface area (Å²) >= 11 is 0. The average molecular weight is 565 g/mol. The molecule has 4 heterocycles. The number of fused-ring (bicyclic) bond motifs is 4. The second-order valence-corrected chi connectivity index (χ2v) is 9.66. The molecule has 1 atom stereocenters. The maximum absolute atomic E-state index is 13.7. The Kier molecular flexibility index (Phi) is 6.48. The number of nitrogens with one attached hydrogen (secondary N) is 2. The van der Waals surface area contributed by atoms with E-state index in [1.54, 1.807) is 47.4 Å². The number of pyridine rings is 1. The summed E-state index contributed by atoms with van der Waals surface area (Å²) in [4.78, 5) is 36.8. The predicted molar refractivity (Wildman–Crippen MR) is 144 cm³/mol. The lowest BCUT2D eigenvalue weighted by molar-refractivity contribution is -0.137. The van der Waals surface area contributed by atoms with Crippen molar-refractivity contribution in [2.75, 3.05) is 28.2 Å². The van der Waals surface area contributed by atoms with E-state index in [4.69, 9.17) is 9.52 Å². The molecular weight excluding hydrogens is 541 g/mol. The number of aromatic nitrogens is 2. The summed E-state index contributed by atoms with van der Waals surface area (Å²) in [6.45, 7) is 1.26. The molecule has 0 radical (unpaired) electrons. The number of carbonyl (C=O) groups excluding carboxylic acids is 1.